The first-order valence-electron chi connectivity index (χ1n) is 15.0. The van der Waals surface area contributed by atoms with E-state index in [2.05, 4.69) is 15.9 Å². The summed E-state index contributed by atoms with van der Waals surface area (Å²) in [6, 6.07) is 15.7. The van der Waals surface area contributed by atoms with Crippen LogP contribution < -0.4 is 14.4 Å². The van der Waals surface area contributed by atoms with Gasteiger partial charge in [-0.3, -0.25) is 9.69 Å². The van der Waals surface area contributed by atoms with Gasteiger partial charge in [-0.15, -0.1) is 11.3 Å². The molecule has 230 valence electrons. The summed E-state index contributed by atoms with van der Waals surface area (Å²) in [7, 11) is 1.28. The van der Waals surface area contributed by atoms with Crippen molar-refractivity contribution in [2.45, 2.75) is 48.5 Å². The summed E-state index contributed by atoms with van der Waals surface area (Å²) in [6.45, 7) is 4.89. The molecule has 0 N–H and O–H groups in total. The minimum Gasteiger partial charge on any atom is -0.493 e. The number of sulfonamides is 1. The topological polar surface area (TPSA) is 82.6 Å². The summed E-state index contributed by atoms with van der Waals surface area (Å²) in [4.78, 5) is 21.0. The number of ether oxygens (including phenoxy) is 2. The lowest BCUT2D eigenvalue weighted by atomic mass is 9.99. The number of piperazine rings is 1. The second kappa shape index (κ2) is 12.5. The maximum absolute atomic E-state index is 14.0. The minimum atomic E-state index is -3.55. The SMILES string of the molecule is COc1ccc([C@@H](CCCN(C)S(=O)(=O)c2cccs2)N2Cc3c(cccc3N3CCN(C4CC4)CC3)C2=O)cc1OC. The molecule has 3 aliphatic rings. The highest BCUT2D eigenvalue weighted by Gasteiger charge is 2.37. The van der Waals surface area contributed by atoms with Crippen LogP contribution in [0.15, 0.2) is 58.1 Å². The van der Waals surface area contributed by atoms with Crippen molar-refractivity contribution in [2.24, 2.45) is 0 Å². The molecular formula is C32H40N4O5S2. The molecule has 2 aromatic carbocycles. The third-order valence-corrected chi connectivity index (χ3v) is 12.2. The standard InChI is InChI=1S/C32H40N4O5S2/c1-33(43(38,39)31-10-6-20-42-31)15-5-9-27(23-11-14-29(40-2)30(21-23)41-3)36-22-26-25(32(36)37)7-4-8-28(26)35-18-16-34(17-19-35)24-12-13-24/h4,6-8,10-11,14,20-21,24,27H,5,9,12-13,15-19,22H2,1-3H3/t27-/m1/s1. The van der Waals surface area contributed by atoms with Crippen LogP contribution >= 0.6 is 11.3 Å². The fraction of sp³-hybridized carbons (Fsp3) is 0.469. The van der Waals surface area contributed by atoms with Crippen LogP contribution in [-0.2, 0) is 16.6 Å². The maximum atomic E-state index is 14.0. The zero-order valence-electron chi connectivity index (χ0n) is 25.1. The average Bonchev–Trinajstić information content (AvgIpc) is 3.61. The third-order valence-electron chi connectivity index (χ3n) is 8.97. The number of thiophene rings is 1. The van der Waals surface area contributed by atoms with E-state index in [1.165, 1.54) is 28.5 Å². The Labute approximate surface area is 258 Å². The van der Waals surface area contributed by atoms with Gasteiger partial charge in [-0.2, -0.15) is 0 Å². The van der Waals surface area contributed by atoms with Crippen molar-refractivity contribution in [2.75, 3.05) is 58.9 Å². The van der Waals surface area contributed by atoms with Crippen molar-refractivity contribution in [3.05, 3.63) is 70.6 Å². The van der Waals surface area contributed by atoms with Gasteiger partial charge in [0, 0.05) is 69.2 Å². The Morgan fingerprint density at radius 1 is 1.00 bits per heavy atom. The number of hydrogen-bond acceptors (Lipinski definition) is 8. The number of rotatable bonds is 12. The highest BCUT2D eigenvalue weighted by Crippen LogP contribution is 2.41. The van der Waals surface area contributed by atoms with Crippen molar-refractivity contribution in [3.8, 4) is 11.5 Å². The van der Waals surface area contributed by atoms with E-state index in [0.717, 1.165) is 54.6 Å². The molecule has 0 spiro atoms. The molecule has 2 fully saturated rings. The molecule has 2 aliphatic heterocycles. The summed E-state index contributed by atoms with van der Waals surface area (Å²) in [5, 5.41) is 1.77. The van der Waals surface area contributed by atoms with Gasteiger partial charge in [0.05, 0.1) is 20.3 Å². The van der Waals surface area contributed by atoms with E-state index in [1.807, 2.05) is 35.2 Å². The second-order valence-corrected chi connectivity index (χ2v) is 14.7. The molecule has 0 bridgehead atoms. The molecule has 43 heavy (non-hydrogen) atoms. The summed E-state index contributed by atoms with van der Waals surface area (Å²) in [5.41, 5.74) is 3.92. The molecule has 1 atom stereocenters. The first kappa shape index (κ1) is 29.9. The summed E-state index contributed by atoms with van der Waals surface area (Å²) in [6.07, 6.45) is 3.81. The molecule has 1 aliphatic carbocycles. The third kappa shape index (κ3) is 6.00. The number of benzene rings is 2. The van der Waals surface area contributed by atoms with E-state index in [1.54, 1.807) is 38.8 Å². The van der Waals surface area contributed by atoms with Crippen LogP contribution in [0.3, 0.4) is 0 Å². The van der Waals surface area contributed by atoms with Crippen LogP contribution in [0.1, 0.15) is 53.2 Å². The van der Waals surface area contributed by atoms with Gasteiger partial charge in [0.1, 0.15) is 4.21 Å². The van der Waals surface area contributed by atoms with Crippen LogP contribution in [-0.4, -0.2) is 88.5 Å². The van der Waals surface area contributed by atoms with E-state index in [4.69, 9.17) is 9.47 Å². The zero-order valence-corrected chi connectivity index (χ0v) is 26.7. The van der Waals surface area contributed by atoms with Gasteiger partial charge in [-0.1, -0.05) is 18.2 Å². The van der Waals surface area contributed by atoms with Crippen molar-refractivity contribution in [1.82, 2.24) is 14.1 Å². The molecule has 1 amide bonds. The Bertz CT molecular complexity index is 1550. The first-order chi connectivity index (χ1) is 20.8. The van der Waals surface area contributed by atoms with Crippen molar-refractivity contribution in [1.29, 1.82) is 0 Å². The lowest BCUT2D eigenvalue weighted by molar-refractivity contribution is 0.0687. The summed E-state index contributed by atoms with van der Waals surface area (Å²) >= 11 is 1.22. The first-order valence-corrected chi connectivity index (χ1v) is 17.3. The Balaban J connectivity index is 1.24. The summed E-state index contributed by atoms with van der Waals surface area (Å²) < 4.78 is 38.9. The Morgan fingerprint density at radius 2 is 1.77 bits per heavy atom. The number of carbonyl (C=O) groups is 1. The van der Waals surface area contributed by atoms with Gasteiger partial charge in [0.25, 0.3) is 15.9 Å². The van der Waals surface area contributed by atoms with Crippen molar-refractivity contribution in [3.63, 3.8) is 0 Å². The Morgan fingerprint density at radius 3 is 2.44 bits per heavy atom. The van der Waals surface area contributed by atoms with Crippen LogP contribution in [0.4, 0.5) is 5.69 Å². The molecule has 1 aromatic heterocycles. The Kier molecular flexibility index (Phi) is 8.68. The lowest BCUT2D eigenvalue weighted by Crippen LogP contribution is -2.47. The van der Waals surface area contributed by atoms with Crippen LogP contribution in [0.2, 0.25) is 0 Å². The van der Waals surface area contributed by atoms with Crippen LogP contribution in [0.5, 0.6) is 11.5 Å². The number of amides is 1. The molecule has 1 saturated heterocycles. The van der Waals surface area contributed by atoms with Crippen LogP contribution in [0.25, 0.3) is 0 Å². The number of anilines is 1. The van der Waals surface area contributed by atoms with Gasteiger partial charge in [0.15, 0.2) is 11.5 Å². The smallest absolute Gasteiger partial charge is 0.255 e. The number of fused-ring (bicyclic) bond motifs is 1. The van der Waals surface area contributed by atoms with E-state index < -0.39 is 10.0 Å². The number of hydrogen-bond donors (Lipinski definition) is 0. The second-order valence-electron chi connectivity index (χ2n) is 11.5. The molecule has 3 heterocycles. The van der Waals surface area contributed by atoms with Gasteiger partial charge in [0.2, 0.25) is 0 Å². The molecular weight excluding hydrogens is 585 g/mol. The molecule has 3 aromatic rings. The predicted molar refractivity (Wildman–Crippen MR) is 169 cm³/mol. The number of nitrogens with zero attached hydrogens (tertiary/aromatic N) is 4. The maximum Gasteiger partial charge on any atom is 0.255 e. The van der Waals surface area contributed by atoms with Crippen LogP contribution in [0, 0.1) is 0 Å². The monoisotopic (exact) mass is 624 g/mol. The van der Waals surface area contributed by atoms with Gasteiger partial charge in [-0.25, -0.2) is 12.7 Å². The number of methoxy groups -OCH3 is 2. The van der Waals surface area contributed by atoms with Gasteiger partial charge >= 0.3 is 0 Å². The lowest BCUT2D eigenvalue weighted by Gasteiger charge is -2.37. The highest BCUT2D eigenvalue weighted by atomic mass is 32.2. The van der Waals surface area contributed by atoms with E-state index >= 15 is 0 Å². The molecule has 0 radical (unpaired) electrons. The van der Waals surface area contributed by atoms with Crippen molar-refractivity contribution >= 4 is 33.0 Å². The number of carbonyl (C=O) groups excluding carboxylic acids is 1. The normalized spacial score (nSPS) is 18.3. The molecule has 1 saturated carbocycles. The quantitative estimate of drug-likeness (QED) is 0.285. The average molecular weight is 625 g/mol. The minimum absolute atomic E-state index is 0.00723. The van der Waals surface area contributed by atoms with Crippen molar-refractivity contribution < 1.29 is 22.7 Å². The van der Waals surface area contributed by atoms with E-state index in [0.29, 0.717) is 41.6 Å². The Hall–Kier alpha value is -3.12. The zero-order chi connectivity index (χ0) is 30.1. The fourth-order valence-electron chi connectivity index (χ4n) is 6.41. The molecule has 6 rings (SSSR count). The van der Waals surface area contributed by atoms with Gasteiger partial charge in [-0.05, 0) is 67.0 Å². The van der Waals surface area contributed by atoms with E-state index in [-0.39, 0.29) is 11.9 Å². The van der Waals surface area contributed by atoms with E-state index in [9.17, 15) is 13.2 Å². The predicted octanol–water partition coefficient (Wildman–Crippen LogP) is 4.85. The van der Waals surface area contributed by atoms with Gasteiger partial charge < -0.3 is 19.3 Å². The molecule has 11 heteroatoms. The largest absolute Gasteiger partial charge is 0.493 e. The summed E-state index contributed by atoms with van der Waals surface area (Å²) in [5.74, 6) is 1.23. The molecule has 0 unspecified atom stereocenters. The molecule has 9 nitrogen and oxygen atoms in total. The highest BCUT2D eigenvalue weighted by molar-refractivity contribution is 7.91. The fourth-order valence-corrected chi connectivity index (χ4v) is 8.82.